The van der Waals surface area contributed by atoms with Gasteiger partial charge in [0.25, 0.3) is 0 Å². The second-order valence-corrected chi connectivity index (χ2v) is 9.52. The summed E-state index contributed by atoms with van der Waals surface area (Å²) in [5, 5.41) is 10.4. The molecule has 0 amide bonds. The van der Waals surface area contributed by atoms with Crippen LogP contribution >= 0.6 is 0 Å². The fraction of sp³-hybridized carbons (Fsp3) is 0.586. The van der Waals surface area contributed by atoms with Crippen LogP contribution < -0.4 is 9.47 Å². The van der Waals surface area contributed by atoms with Gasteiger partial charge in [0.15, 0.2) is 23.7 Å². The lowest BCUT2D eigenvalue weighted by molar-refractivity contribution is -0.160. The van der Waals surface area contributed by atoms with E-state index in [1.165, 1.54) is 14.0 Å². The average molecular weight is 534 g/mol. The summed E-state index contributed by atoms with van der Waals surface area (Å²) in [7, 11) is 2.93. The van der Waals surface area contributed by atoms with Crippen LogP contribution in [0.4, 0.5) is 0 Å². The molecule has 3 rings (SSSR count). The monoisotopic (exact) mass is 533 g/mol. The molecule has 0 radical (unpaired) electrons. The van der Waals surface area contributed by atoms with E-state index in [1.807, 2.05) is 32.1 Å². The molecule has 38 heavy (non-hydrogen) atoms. The highest BCUT2D eigenvalue weighted by Gasteiger charge is 2.37. The van der Waals surface area contributed by atoms with Crippen LogP contribution in [0.1, 0.15) is 64.0 Å². The van der Waals surface area contributed by atoms with Gasteiger partial charge in [0, 0.05) is 25.9 Å². The van der Waals surface area contributed by atoms with Crippen LogP contribution in [0.2, 0.25) is 0 Å². The van der Waals surface area contributed by atoms with Crippen molar-refractivity contribution in [1.29, 1.82) is 0 Å². The molecule has 0 aliphatic carbocycles. The molecule has 0 bridgehead atoms. The molecule has 9 heteroatoms. The van der Waals surface area contributed by atoms with Crippen molar-refractivity contribution in [2.24, 2.45) is 0 Å². The number of methoxy groups -OCH3 is 2. The second-order valence-electron chi connectivity index (χ2n) is 9.52. The number of allylic oxidation sites excluding steroid dienone is 2. The molecule has 212 valence electrons. The highest BCUT2D eigenvalue weighted by molar-refractivity contribution is 5.75. The van der Waals surface area contributed by atoms with Crippen LogP contribution in [0.25, 0.3) is 0 Å². The van der Waals surface area contributed by atoms with Crippen LogP contribution in [0.5, 0.6) is 11.5 Å². The van der Waals surface area contributed by atoms with Gasteiger partial charge in [-0.25, -0.2) is 4.79 Å². The van der Waals surface area contributed by atoms with Crippen LogP contribution in [0, 0.1) is 0 Å². The summed E-state index contributed by atoms with van der Waals surface area (Å²) in [6.07, 6.45) is 2.65. The fourth-order valence-electron chi connectivity index (χ4n) is 4.53. The molecule has 2 aliphatic heterocycles. The Balaban J connectivity index is 0.000000926. The zero-order chi connectivity index (χ0) is 28.2. The molecule has 1 aromatic rings. The van der Waals surface area contributed by atoms with Crippen molar-refractivity contribution in [1.82, 2.24) is 4.90 Å². The van der Waals surface area contributed by atoms with Gasteiger partial charge in [-0.3, -0.25) is 4.79 Å². The van der Waals surface area contributed by atoms with Crippen molar-refractivity contribution in [2.45, 2.75) is 71.5 Å². The lowest BCUT2D eigenvalue weighted by Crippen LogP contribution is -2.39. The Kier molecular flexibility index (Phi) is 12.6. The average Bonchev–Trinajstić information content (AvgIpc) is 3.28. The van der Waals surface area contributed by atoms with Crippen LogP contribution in [-0.2, 0) is 30.2 Å². The van der Waals surface area contributed by atoms with Crippen molar-refractivity contribution < 1.29 is 38.4 Å². The SMILES string of the molecule is C=C(C)CC[C@H](O)C(=O)O[C@H](/C(=C\C)OC)[C@@H]1CN(CCC)CCc2cc3c(cc21)OCO3.COC(C)=O. The number of carbonyl (C=O) groups excluding carboxylic acids is 2. The molecule has 1 aromatic carbocycles. The fourth-order valence-corrected chi connectivity index (χ4v) is 4.53. The van der Waals surface area contributed by atoms with Crippen molar-refractivity contribution in [2.75, 3.05) is 40.6 Å². The third kappa shape index (κ3) is 8.77. The van der Waals surface area contributed by atoms with Gasteiger partial charge >= 0.3 is 11.9 Å². The normalized spacial score (nSPS) is 18.2. The molecule has 0 unspecified atom stereocenters. The first-order chi connectivity index (χ1) is 18.1. The Morgan fingerprint density at radius 1 is 1.21 bits per heavy atom. The van der Waals surface area contributed by atoms with Gasteiger partial charge in [-0.15, -0.1) is 6.58 Å². The van der Waals surface area contributed by atoms with E-state index in [1.54, 1.807) is 7.11 Å². The van der Waals surface area contributed by atoms with Gasteiger partial charge in [0.1, 0.15) is 5.76 Å². The molecule has 0 saturated carbocycles. The smallest absolute Gasteiger partial charge is 0.335 e. The van der Waals surface area contributed by atoms with Gasteiger partial charge in [0.05, 0.1) is 14.2 Å². The van der Waals surface area contributed by atoms with Crippen LogP contribution in [0.15, 0.2) is 36.1 Å². The summed E-state index contributed by atoms with van der Waals surface area (Å²) in [5.74, 6) is 0.928. The van der Waals surface area contributed by atoms with Gasteiger partial charge in [-0.1, -0.05) is 12.5 Å². The standard InChI is InChI=1S/C26H37NO6.C3H6O2/c1-6-11-27-12-10-18-13-23-24(32-16-31-23)14-19(18)20(15-27)25(22(7-2)30-5)33-26(29)21(28)9-8-17(3)4;1-3(4)5-2/h7,13-14,20-21,25,28H,3,6,8-12,15-16H2,1-2,4-5H3;1-2H3/b22-7+;/t20-,21+,25+;/m1./s1. The summed E-state index contributed by atoms with van der Waals surface area (Å²) in [4.78, 5) is 24.9. The largest absolute Gasteiger partial charge is 0.497 e. The molecular weight excluding hydrogens is 490 g/mol. The Bertz CT molecular complexity index is 989. The van der Waals surface area contributed by atoms with Gasteiger partial charge in [0.2, 0.25) is 6.79 Å². The predicted octanol–water partition coefficient (Wildman–Crippen LogP) is 4.13. The molecule has 2 aliphatic rings. The zero-order valence-electron chi connectivity index (χ0n) is 23.6. The van der Waals surface area contributed by atoms with Crippen LogP contribution in [-0.4, -0.2) is 74.8 Å². The number of rotatable bonds is 10. The minimum absolute atomic E-state index is 0.188. The number of aliphatic hydroxyl groups excluding tert-OH is 1. The first-order valence-corrected chi connectivity index (χ1v) is 13.1. The quantitative estimate of drug-likeness (QED) is 0.270. The number of fused-ring (bicyclic) bond motifs is 2. The first-order valence-electron chi connectivity index (χ1n) is 13.1. The van der Waals surface area contributed by atoms with E-state index in [0.29, 0.717) is 24.5 Å². The first kappa shape index (κ1) is 31.2. The minimum Gasteiger partial charge on any atom is -0.497 e. The lowest BCUT2D eigenvalue weighted by Gasteiger charge is -2.32. The summed E-state index contributed by atoms with van der Waals surface area (Å²) < 4.78 is 27.0. The maximum absolute atomic E-state index is 12.9. The number of hydrogen-bond acceptors (Lipinski definition) is 9. The number of carbonyl (C=O) groups is 2. The number of nitrogens with zero attached hydrogens (tertiary/aromatic N) is 1. The lowest BCUT2D eigenvalue weighted by atomic mass is 9.87. The summed E-state index contributed by atoms with van der Waals surface area (Å²) in [6, 6.07) is 4.06. The maximum Gasteiger partial charge on any atom is 0.335 e. The molecule has 1 N–H and O–H groups in total. The second kappa shape index (κ2) is 15.4. The third-order valence-corrected chi connectivity index (χ3v) is 6.54. The van der Waals surface area contributed by atoms with E-state index >= 15 is 0 Å². The van der Waals surface area contributed by atoms with Crippen molar-refractivity contribution in [3.05, 3.63) is 47.2 Å². The molecule has 0 spiro atoms. The van der Waals surface area contributed by atoms with E-state index in [0.717, 1.165) is 48.4 Å². The Labute approximate surface area is 226 Å². The van der Waals surface area contributed by atoms with E-state index < -0.39 is 18.2 Å². The molecular formula is C29H43NO8. The van der Waals surface area contributed by atoms with E-state index in [4.69, 9.17) is 18.9 Å². The van der Waals surface area contributed by atoms with Crippen LogP contribution in [0.3, 0.4) is 0 Å². The zero-order valence-corrected chi connectivity index (χ0v) is 23.6. The highest BCUT2D eigenvalue weighted by atomic mass is 16.7. The maximum atomic E-state index is 12.9. The van der Waals surface area contributed by atoms with Gasteiger partial charge in [-0.05, 0) is 75.4 Å². The molecule has 3 atom stereocenters. The molecule has 9 nitrogen and oxygen atoms in total. The highest BCUT2D eigenvalue weighted by Crippen LogP contribution is 2.41. The Morgan fingerprint density at radius 2 is 1.87 bits per heavy atom. The molecule has 0 saturated heterocycles. The third-order valence-electron chi connectivity index (χ3n) is 6.54. The Morgan fingerprint density at radius 3 is 2.42 bits per heavy atom. The number of benzene rings is 1. The minimum atomic E-state index is -1.21. The van der Waals surface area contributed by atoms with E-state index in [-0.39, 0.29) is 25.1 Å². The summed E-state index contributed by atoms with van der Waals surface area (Å²) >= 11 is 0. The number of ether oxygens (including phenoxy) is 5. The number of esters is 2. The predicted molar refractivity (Wildman–Crippen MR) is 144 cm³/mol. The molecule has 0 aromatic heterocycles. The van der Waals surface area contributed by atoms with Crippen molar-refractivity contribution in [3.8, 4) is 11.5 Å². The van der Waals surface area contributed by atoms with Gasteiger partial charge in [-0.2, -0.15) is 0 Å². The summed E-state index contributed by atoms with van der Waals surface area (Å²) in [6.45, 7) is 13.8. The number of hydrogen-bond donors (Lipinski definition) is 1. The van der Waals surface area contributed by atoms with Crippen molar-refractivity contribution in [3.63, 3.8) is 0 Å². The number of aliphatic hydroxyl groups is 1. The molecule has 0 fully saturated rings. The summed E-state index contributed by atoms with van der Waals surface area (Å²) in [5.41, 5.74) is 3.12. The van der Waals surface area contributed by atoms with Crippen molar-refractivity contribution >= 4 is 11.9 Å². The molecule has 2 heterocycles. The Hall–Kier alpha value is -3.04. The van der Waals surface area contributed by atoms with E-state index in [9.17, 15) is 14.7 Å². The van der Waals surface area contributed by atoms with Gasteiger partial charge < -0.3 is 33.7 Å². The topological polar surface area (TPSA) is 104 Å². The van der Waals surface area contributed by atoms with E-state index in [2.05, 4.69) is 23.1 Å².